The summed E-state index contributed by atoms with van der Waals surface area (Å²) in [6.45, 7) is 15.8. The first-order chi connectivity index (χ1) is 11.5. The highest BCUT2D eigenvalue weighted by molar-refractivity contribution is 5.74. The van der Waals surface area contributed by atoms with Gasteiger partial charge in [0.25, 0.3) is 0 Å². The number of nitrogens with one attached hydrogen (secondary N) is 1. The summed E-state index contributed by atoms with van der Waals surface area (Å²) >= 11 is 0. The summed E-state index contributed by atoms with van der Waals surface area (Å²) in [5, 5.41) is 3.03. The fourth-order valence-electron chi connectivity index (χ4n) is 2.90. The third-order valence-electron chi connectivity index (χ3n) is 4.49. The zero-order chi connectivity index (χ0) is 19.2. The highest BCUT2D eigenvalue weighted by Gasteiger charge is 2.30. The van der Waals surface area contributed by atoms with Crippen LogP contribution in [0.4, 0.5) is 9.59 Å². The molecule has 6 heteroatoms. The molecule has 1 aliphatic heterocycles. The molecule has 0 aromatic carbocycles. The van der Waals surface area contributed by atoms with Crippen LogP contribution in [0.15, 0.2) is 0 Å². The van der Waals surface area contributed by atoms with Crippen molar-refractivity contribution in [1.29, 1.82) is 0 Å². The van der Waals surface area contributed by atoms with Crippen molar-refractivity contribution in [3.63, 3.8) is 0 Å². The van der Waals surface area contributed by atoms with Gasteiger partial charge in [-0.25, -0.2) is 9.59 Å². The molecule has 0 aromatic heterocycles. The Morgan fingerprint density at radius 3 is 2.44 bits per heavy atom. The molecule has 0 aliphatic carbocycles. The number of rotatable bonds is 5. The summed E-state index contributed by atoms with van der Waals surface area (Å²) in [4.78, 5) is 28.5. The molecular formula is C19H37N3O3. The van der Waals surface area contributed by atoms with Gasteiger partial charge in [0.15, 0.2) is 0 Å². The maximum absolute atomic E-state index is 12.5. The second-order valence-corrected chi connectivity index (χ2v) is 8.44. The first kappa shape index (κ1) is 21.6. The van der Waals surface area contributed by atoms with Crippen molar-refractivity contribution in [2.24, 2.45) is 5.92 Å². The van der Waals surface area contributed by atoms with Crippen molar-refractivity contribution in [1.82, 2.24) is 15.1 Å². The van der Waals surface area contributed by atoms with Crippen LogP contribution in [0.5, 0.6) is 0 Å². The van der Waals surface area contributed by atoms with Gasteiger partial charge in [0.1, 0.15) is 5.60 Å². The highest BCUT2D eigenvalue weighted by Crippen LogP contribution is 2.21. The molecule has 25 heavy (non-hydrogen) atoms. The number of hydrogen-bond donors (Lipinski definition) is 1. The first-order valence-corrected chi connectivity index (χ1v) is 9.58. The molecular weight excluding hydrogens is 318 g/mol. The third kappa shape index (κ3) is 7.53. The van der Waals surface area contributed by atoms with Gasteiger partial charge in [0, 0.05) is 31.7 Å². The first-order valence-electron chi connectivity index (χ1n) is 9.58. The Morgan fingerprint density at radius 1 is 1.28 bits per heavy atom. The maximum Gasteiger partial charge on any atom is 0.410 e. The Kier molecular flexibility index (Phi) is 8.03. The minimum atomic E-state index is -0.501. The SMILES string of the molecule is CC[C@@H](C)NC(=O)N1CCC[C@H](CN(C(=O)OC(C)(C)C)C(C)C)C1. The molecule has 1 aliphatic rings. The summed E-state index contributed by atoms with van der Waals surface area (Å²) < 4.78 is 5.54. The summed E-state index contributed by atoms with van der Waals surface area (Å²) in [5.41, 5.74) is -0.501. The van der Waals surface area contributed by atoms with E-state index in [0.717, 1.165) is 25.8 Å². The van der Waals surface area contributed by atoms with E-state index in [1.54, 1.807) is 4.90 Å². The number of hydrogen-bond acceptors (Lipinski definition) is 3. The summed E-state index contributed by atoms with van der Waals surface area (Å²) in [6, 6.07) is 0.258. The van der Waals surface area contributed by atoms with E-state index in [0.29, 0.717) is 13.1 Å². The van der Waals surface area contributed by atoms with Gasteiger partial charge in [-0.2, -0.15) is 0 Å². The number of piperidine rings is 1. The van der Waals surface area contributed by atoms with E-state index in [1.807, 2.05) is 46.4 Å². The van der Waals surface area contributed by atoms with Gasteiger partial charge in [-0.15, -0.1) is 0 Å². The standard InChI is InChI=1S/C19H37N3O3/c1-8-15(4)20-17(23)21-11-9-10-16(12-21)13-22(14(2)3)18(24)25-19(5,6)7/h14-16H,8-13H2,1-7H3,(H,20,23)/t15-,16+/m1/s1. The molecule has 0 aromatic rings. The fraction of sp³-hybridized carbons (Fsp3) is 0.895. The van der Waals surface area contributed by atoms with Crippen LogP contribution in [0.25, 0.3) is 0 Å². The summed E-state index contributed by atoms with van der Waals surface area (Å²) in [7, 11) is 0. The van der Waals surface area contributed by atoms with E-state index >= 15 is 0 Å². The van der Waals surface area contributed by atoms with Crippen molar-refractivity contribution >= 4 is 12.1 Å². The predicted molar refractivity (Wildman–Crippen MR) is 101 cm³/mol. The number of carbonyl (C=O) groups excluding carboxylic acids is 2. The summed E-state index contributed by atoms with van der Waals surface area (Å²) in [5.74, 6) is 0.284. The summed E-state index contributed by atoms with van der Waals surface area (Å²) in [6.07, 6.45) is 2.64. The number of likely N-dealkylation sites (tertiary alicyclic amines) is 1. The van der Waals surface area contributed by atoms with Crippen molar-refractivity contribution < 1.29 is 14.3 Å². The van der Waals surface area contributed by atoms with Crippen LogP contribution in [0.1, 0.15) is 67.7 Å². The molecule has 6 nitrogen and oxygen atoms in total. The normalized spacial score (nSPS) is 19.5. The number of nitrogens with zero attached hydrogens (tertiary/aromatic N) is 2. The molecule has 1 N–H and O–H groups in total. The topological polar surface area (TPSA) is 61.9 Å². The Hall–Kier alpha value is -1.46. The van der Waals surface area contributed by atoms with Crippen molar-refractivity contribution in [2.45, 2.75) is 85.4 Å². The quantitative estimate of drug-likeness (QED) is 0.815. The molecule has 2 atom stereocenters. The van der Waals surface area contributed by atoms with E-state index in [4.69, 9.17) is 4.74 Å². The zero-order valence-corrected chi connectivity index (χ0v) is 17.1. The van der Waals surface area contributed by atoms with Gasteiger partial charge >= 0.3 is 12.1 Å². The zero-order valence-electron chi connectivity index (χ0n) is 17.1. The van der Waals surface area contributed by atoms with E-state index in [1.165, 1.54) is 0 Å². The van der Waals surface area contributed by atoms with Crippen LogP contribution in [0.2, 0.25) is 0 Å². The lowest BCUT2D eigenvalue weighted by molar-refractivity contribution is 0.0131. The molecule has 146 valence electrons. The van der Waals surface area contributed by atoms with E-state index in [9.17, 15) is 9.59 Å². The minimum Gasteiger partial charge on any atom is -0.444 e. The van der Waals surface area contributed by atoms with Crippen LogP contribution >= 0.6 is 0 Å². The predicted octanol–water partition coefficient (Wildman–Crippen LogP) is 3.85. The molecule has 0 unspecified atom stereocenters. The lowest BCUT2D eigenvalue weighted by atomic mass is 9.97. The van der Waals surface area contributed by atoms with Gasteiger partial charge in [0.05, 0.1) is 0 Å². The smallest absolute Gasteiger partial charge is 0.410 e. The van der Waals surface area contributed by atoms with Gasteiger partial charge in [-0.3, -0.25) is 0 Å². The molecule has 1 fully saturated rings. The molecule has 0 saturated carbocycles. The largest absolute Gasteiger partial charge is 0.444 e. The second kappa shape index (κ2) is 9.30. The number of ether oxygens (including phenoxy) is 1. The van der Waals surface area contributed by atoms with Crippen LogP contribution in [-0.2, 0) is 4.74 Å². The fourth-order valence-corrected chi connectivity index (χ4v) is 2.90. The molecule has 1 rings (SSSR count). The molecule has 1 heterocycles. The van der Waals surface area contributed by atoms with Gasteiger partial charge in [-0.05, 0) is 66.7 Å². The van der Waals surface area contributed by atoms with Crippen molar-refractivity contribution in [2.75, 3.05) is 19.6 Å². The Balaban J connectivity index is 2.66. The minimum absolute atomic E-state index is 0.00687. The number of carbonyl (C=O) groups is 2. The number of urea groups is 1. The van der Waals surface area contributed by atoms with Gasteiger partial charge in [0.2, 0.25) is 0 Å². The monoisotopic (exact) mass is 355 g/mol. The second-order valence-electron chi connectivity index (χ2n) is 8.44. The van der Waals surface area contributed by atoms with Gasteiger partial charge < -0.3 is 19.9 Å². The Bertz CT molecular complexity index is 446. The molecule has 0 spiro atoms. The maximum atomic E-state index is 12.5. The van der Waals surface area contributed by atoms with Crippen molar-refractivity contribution in [3.8, 4) is 0 Å². The molecule has 0 bridgehead atoms. The molecule has 1 saturated heterocycles. The number of amides is 3. The van der Waals surface area contributed by atoms with Crippen LogP contribution in [0, 0.1) is 5.92 Å². The van der Waals surface area contributed by atoms with Crippen LogP contribution < -0.4 is 5.32 Å². The average Bonchev–Trinajstić information content (AvgIpc) is 2.50. The highest BCUT2D eigenvalue weighted by atomic mass is 16.6. The third-order valence-corrected chi connectivity index (χ3v) is 4.49. The van der Waals surface area contributed by atoms with E-state index < -0.39 is 5.60 Å². The van der Waals surface area contributed by atoms with Crippen molar-refractivity contribution in [3.05, 3.63) is 0 Å². The average molecular weight is 356 g/mol. The van der Waals surface area contributed by atoms with Gasteiger partial charge in [-0.1, -0.05) is 6.92 Å². The lowest BCUT2D eigenvalue weighted by Crippen LogP contribution is -2.51. The molecule has 0 radical (unpaired) electrons. The van der Waals surface area contributed by atoms with Crippen LogP contribution in [-0.4, -0.2) is 59.2 Å². The Morgan fingerprint density at radius 2 is 1.92 bits per heavy atom. The lowest BCUT2D eigenvalue weighted by Gasteiger charge is -2.37. The van der Waals surface area contributed by atoms with Crippen LogP contribution in [0.3, 0.4) is 0 Å². The van der Waals surface area contributed by atoms with E-state index in [-0.39, 0.29) is 30.1 Å². The van der Waals surface area contributed by atoms with E-state index in [2.05, 4.69) is 12.2 Å². The Labute approximate surface area is 153 Å². The molecule has 3 amide bonds.